The van der Waals surface area contributed by atoms with Gasteiger partial charge in [-0.25, -0.2) is 9.97 Å². The highest BCUT2D eigenvalue weighted by Gasteiger charge is 2.18. The van der Waals surface area contributed by atoms with Gasteiger partial charge in [0.15, 0.2) is 5.69 Å². The monoisotopic (exact) mass is 637 g/mol. The van der Waals surface area contributed by atoms with Crippen LogP contribution in [0.15, 0.2) is 164 Å². The van der Waals surface area contributed by atoms with E-state index in [4.69, 9.17) is 9.97 Å². The molecule has 7 aromatic carbocycles. The fourth-order valence-corrected chi connectivity index (χ4v) is 7.50. The predicted molar refractivity (Wildman–Crippen MR) is 204 cm³/mol. The zero-order valence-corrected chi connectivity index (χ0v) is 26.8. The maximum absolute atomic E-state index is 10.0. The van der Waals surface area contributed by atoms with Gasteiger partial charge in [0.25, 0.3) is 0 Å². The summed E-state index contributed by atoms with van der Waals surface area (Å²) in [4.78, 5) is 9.72. The SMILES string of the molecule is N#Cc1nc(-n2c3ccccc3c3ccc(-c4cccc(-c5ccc6c(c5)c5ccccc5n6-c5ccccc5)c4)cc32)nc2ccccc12. The fourth-order valence-electron chi connectivity index (χ4n) is 7.50. The number of nitriles is 1. The van der Waals surface area contributed by atoms with Gasteiger partial charge in [-0.15, -0.1) is 0 Å². The number of hydrogen-bond acceptors (Lipinski definition) is 3. The van der Waals surface area contributed by atoms with Crippen LogP contribution in [0.5, 0.6) is 0 Å². The molecule has 0 bridgehead atoms. The minimum absolute atomic E-state index is 0.365. The van der Waals surface area contributed by atoms with Crippen molar-refractivity contribution in [2.45, 2.75) is 0 Å². The summed E-state index contributed by atoms with van der Waals surface area (Å²) in [5, 5.41) is 15.4. The molecular formula is C45H27N5. The molecule has 0 saturated carbocycles. The number of fused-ring (bicyclic) bond motifs is 7. The Labute approximate surface area is 287 Å². The Morgan fingerprint density at radius 1 is 0.400 bits per heavy atom. The summed E-state index contributed by atoms with van der Waals surface area (Å²) in [6, 6.07) is 59.6. The fraction of sp³-hybridized carbons (Fsp3) is 0. The van der Waals surface area contributed by atoms with Crippen LogP contribution in [0.3, 0.4) is 0 Å². The molecule has 0 N–H and O–H groups in total. The normalized spacial score (nSPS) is 11.6. The van der Waals surface area contributed by atoms with E-state index in [0.717, 1.165) is 55.1 Å². The van der Waals surface area contributed by atoms with Crippen LogP contribution < -0.4 is 0 Å². The second-order valence-electron chi connectivity index (χ2n) is 12.6. The van der Waals surface area contributed by atoms with Gasteiger partial charge in [0.2, 0.25) is 5.95 Å². The van der Waals surface area contributed by atoms with Gasteiger partial charge in [0, 0.05) is 32.6 Å². The molecule has 0 saturated heterocycles. The van der Waals surface area contributed by atoms with Crippen LogP contribution in [-0.2, 0) is 0 Å². The minimum Gasteiger partial charge on any atom is -0.309 e. The molecule has 232 valence electrons. The van der Waals surface area contributed by atoms with Gasteiger partial charge in [-0.1, -0.05) is 103 Å². The van der Waals surface area contributed by atoms with Crippen molar-refractivity contribution in [3.63, 3.8) is 0 Å². The lowest BCUT2D eigenvalue weighted by molar-refractivity contribution is 1.00. The van der Waals surface area contributed by atoms with Crippen molar-refractivity contribution in [3.8, 4) is 40.0 Å². The van der Waals surface area contributed by atoms with Crippen LogP contribution in [-0.4, -0.2) is 19.1 Å². The lowest BCUT2D eigenvalue weighted by Gasteiger charge is -2.10. The number of nitrogens with zero attached hydrogens (tertiary/aromatic N) is 5. The third-order valence-electron chi connectivity index (χ3n) is 9.79. The molecule has 0 unspecified atom stereocenters. The van der Waals surface area contributed by atoms with Crippen molar-refractivity contribution in [1.82, 2.24) is 19.1 Å². The molecule has 5 heteroatoms. The van der Waals surface area contributed by atoms with E-state index < -0.39 is 0 Å². The van der Waals surface area contributed by atoms with Gasteiger partial charge in [0.1, 0.15) is 6.07 Å². The number of hydrogen-bond donors (Lipinski definition) is 0. The zero-order chi connectivity index (χ0) is 33.2. The highest BCUT2D eigenvalue weighted by molar-refractivity contribution is 6.11. The van der Waals surface area contributed by atoms with Gasteiger partial charge in [-0.2, -0.15) is 5.26 Å². The molecule has 50 heavy (non-hydrogen) atoms. The first-order chi connectivity index (χ1) is 24.7. The number of rotatable bonds is 4. The molecule has 10 rings (SSSR count). The molecule has 0 aliphatic carbocycles. The third kappa shape index (κ3) is 4.26. The predicted octanol–water partition coefficient (Wildman–Crippen LogP) is 11.0. The number of benzene rings is 7. The Bertz CT molecular complexity index is 3000. The molecule has 0 fully saturated rings. The van der Waals surface area contributed by atoms with Crippen molar-refractivity contribution in [1.29, 1.82) is 5.26 Å². The molecule has 0 amide bonds. The first-order valence-corrected chi connectivity index (χ1v) is 16.6. The van der Waals surface area contributed by atoms with E-state index in [-0.39, 0.29) is 0 Å². The van der Waals surface area contributed by atoms with Gasteiger partial charge in [0.05, 0.1) is 27.6 Å². The lowest BCUT2D eigenvalue weighted by atomic mass is 9.97. The molecular weight excluding hydrogens is 611 g/mol. The first-order valence-electron chi connectivity index (χ1n) is 16.6. The van der Waals surface area contributed by atoms with Gasteiger partial charge >= 0.3 is 0 Å². The van der Waals surface area contributed by atoms with Crippen molar-refractivity contribution in [2.75, 3.05) is 0 Å². The van der Waals surface area contributed by atoms with E-state index in [1.807, 2.05) is 30.3 Å². The summed E-state index contributed by atoms with van der Waals surface area (Å²) in [6.45, 7) is 0. The van der Waals surface area contributed by atoms with Crippen LogP contribution in [0, 0.1) is 11.3 Å². The summed E-state index contributed by atoms with van der Waals surface area (Å²) in [5.41, 5.74) is 11.1. The average Bonchev–Trinajstić information content (AvgIpc) is 3.70. The highest BCUT2D eigenvalue weighted by atomic mass is 15.2. The second kappa shape index (κ2) is 11.0. The molecule has 0 aliphatic rings. The van der Waals surface area contributed by atoms with Crippen molar-refractivity contribution < 1.29 is 0 Å². The molecule has 0 aliphatic heterocycles. The van der Waals surface area contributed by atoms with Crippen LogP contribution in [0.25, 0.3) is 88.4 Å². The standard InChI is InChI=1S/C45H27N5/c46-28-40-37-17-4-7-18-39(37)47-45(48-40)50-42-20-9-5-15-34(42)36-23-21-32(27-44(36)50)30-12-10-11-29(25-30)31-22-24-43-38(26-31)35-16-6-8-19-41(35)49(43)33-13-2-1-3-14-33/h1-27H. The first kappa shape index (κ1) is 28.0. The van der Waals surface area contributed by atoms with Crippen molar-refractivity contribution >= 4 is 54.5 Å². The van der Waals surface area contributed by atoms with Gasteiger partial charge in [-0.3, -0.25) is 4.57 Å². The van der Waals surface area contributed by atoms with E-state index in [1.165, 1.54) is 27.4 Å². The van der Waals surface area contributed by atoms with E-state index in [2.05, 4.69) is 149 Å². The maximum Gasteiger partial charge on any atom is 0.236 e. The van der Waals surface area contributed by atoms with Gasteiger partial charge in [-0.05, 0) is 82.9 Å². The molecule has 3 heterocycles. The molecule has 3 aromatic heterocycles. The lowest BCUT2D eigenvalue weighted by Crippen LogP contribution is -2.03. The smallest absolute Gasteiger partial charge is 0.236 e. The largest absolute Gasteiger partial charge is 0.309 e. The Morgan fingerprint density at radius 3 is 1.76 bits per heavy atom. The Kier molecular flexibility index (Phi) is 6.17. The van der Waals surface area contributed by atoms with E-state index >= 15 is 0 Å². The van der Waals surface area contributed by atoms with Crippen LogP contribution in [0.4, 0.5) is 0 Å². The summed E-state index contributed by atoms with van der Waals surface area (Å²) in [6.07, 6.45) is 0. The average molecular weight is 638 g/mol. The maximum atomic E-state index is 10.0. The minimum atomic E-state index is 0.365. The Balaban J connectivity index is 1.13. The molecule has 0 atom stereocenters. The Hall–Kier alpha value is -7.03. The zero-order valence-electron chi connectivity index (χ0n) is 26.8. The number of para-hydroxylation sites is 4. The highest BCUT2D eigenvalue weighted by Crippen LogP contribution is 2.38. The topological polar surface area (TPSA) is 59.4 Å². The summed E-state index contributed by atoms with van der Waals surface area (Å²) < 4.78 is 4.43. The van der Waals surface area contributed by atoms with Crippen molar-refractivity contribution in [3.05, 3.63) is 169 Å². The van der Waals surface area contributed by atoms with Gasteiger partial charge < -0.3 is 4.57 Å². The van der Waals surface area contributed by atoms with Crippen molar-refractivity contribution in [2.24, 2.45) is 0 Å². The van der Waals surface area contributed by atoms with Crippen LogP contribution in [0.2, 0.25) is 0 Å². The third-order valence-corrected chi connectivity index (χ3v) is 9.79. The van der Waals surface area contributed by atoms with Crippen LogP contribution in [0.1, 0.15) is 5.69 Å². The summed E-state index contributed by atoms with van der Waals surface area (Å²) >= 11 is 0. The van der Waals surface area contributed by atoms with Crippen LogP contribution >= 0.6 is 0 Å². The summed E-state index contributed by atoms with van der Waals surface area (Å²) in [7, 11) is 0. The number of aromatic nitrogens is 4. The van der Waals surface area contributed by atoms with E-state index in [0.29, 0.717) is 11.6 Å². The van der Waals surface area contributed by atoms with E-state index in [1.54, 1.807) is 0 Å². The molecule has 10 aromatic rings. The molecule has 0 radical (unpaired) electrons. The summed E-state index contributed by atoms with van der Waals surface area (Å²) in [5.74, 6) is 0.486. The molecule has 5 nitrogen and oxygen atoms in total. The van der Waals surface area contributed by atoms with E-state index in [9.17, 15) is 5.26 Å². The Morgan fingerprint density at radius 2 is 0.980 bits per heavy atom. The quantitative estimate of drug-likeness (QED) is 0.193. The second-order valence-corrected chi connectivity index (χ2v) is 12.6. The molecule has 0 spiro atoms.